The van der Waals surface area contributed by atoms with Crippen LogP contribution in [0.25, 0.3) is 0 Å². The van der Waals surface area contributed by atoms with Crippen LogP contribution >= 0.6 is 0 Å². The summed E-state index contributed by atoms with van der Waals surface area (Å²) < 4.78 is 0. The number of anilines is 1. The highest BCUT2D eigenvalue weighted by Gasteiger charge is 2.45. The van der Waals surface area contributed by atoms with Crippen molar-refractivity contribution >= 4 is 23.5 Å². The average Bonchev–Trinajstić information content (AvgIpc) is 2.48. The highest BCUT2D eigenvalue weighted by molar-refractivity contribution is 5.91. The minimum Gasteiger partial charge on any atom is -0.481 e. The van der Waals surface area contributed by atoms with E-state index in [0.29, 0.717) is 31.5 Å². The van der Waals surface area contributed by atoms with Gasteiger partial charge in [-0.1, -0.05) is 32.4 Å². The Balaban J connectivity index is 1.86. The molecule has 0 spiro atoms. The van der Waals surface area contributed by atoms with Gasteiger partial charge in [-0.05, 0) is 36.5 Å². The van der Waals surface area contributed by atoms with E-state index >= 15 is 0 Å². The van der Waals surface area contributed by atoms with Crippen LogP contribution in [0.2, 0.25) is 0 Å². The zero-order valence-electron chi connectivity index (χ0n) is 14.8. The normalized spacial score (nSPS) is 15.3. The number of aliphatic carboxylic acids is 1. The Morgan fingerprint density at radius 1 is 1.20 bits per heavy atom. The Bertz CT molecular complexity index is 651. The van der Waals surface area contributed by atoms with Gasteiger partial charge in [-0.15, -0.1) is 0 Å². The second kappa shape index (κ2) is 8.14. The third-order valence-corrected chi connectivity index (χ3v) is 4.56. The predicted molar refractivity (Wildman–Crippen MR) is 94.9 cm³/mol. The summed E-state index contributed by atoms with van der Waals surface area (Å²) >= 11 is 0. The second-order valence-electron chi connectivity index (χ2n) is 7.24. The number of nitrogens with one attached hydrogen (secondary N) is 2. The fourth-order valence-electron chi connectivity index (χ4n) is 2.98. The standard InChI is InChI=1S/C19H26N2O4/c1-13(2)9-16(22)21-15-6-3-5-14(10-15)12-20-17(23)11-19(18(24)25)7-4-8-19/h3,5-6,10,13H,4,7-9,11-12H2,1-2H3,(H,20,23)(H,21,22)(H,24,25). The van der Waals surface area contributed by atoms with E-state index in [1.54, 1.807) is 6.07 Å². The number of carboxylic acid groups (broad SMARTS) is 1. The molecule has 1 aliphatic rings. The SMILES string of the molecule is CC(C)CC(=O)Nc1cccc(CNC(=O)CC2(C(=O)O)CCC2)c1. The van der Waals surface area contributed by atoms with Crippen molar-refractivity contribution < 1.29 is 19.5 Å². The van der Waals surface area contributed by atoms with Crippen molar-refractivity contribution in [3.05, 3.63) is 29.8 Å². The molecule has 136 valence electrons. The molecule has 2 rings (SSSR count). The quantitative estimate of drug-likeness (QED) is 0.674. The lowest BCUT2D eigenvalue weighted by atomic mass is 9.66. The monoisotopic (exact) mass is 346 g/mol. The van der Waals surface area contributed by atoms with Gasteiger partial charge in [-0.3, -0.25) is 14.4 Å². The number of hydrogen-bond acceptors (Lipinski definition) is 3. The van der Waals surface area contributed by atoms with Gasteiger partial charge in [0.15, 0.2) is 0 Å². The van der Waals surface area contributed by atoms with E-state index in [1.807, 2.05) is 32.0 Å². The lowest BCUT2D eigenvalue weighted by molar-refractivity contribution is -0.157. The summed E-state index contributed by atoms with van der Waals surface area (Å²) in [7, 11) is 0. The van der Waals surface area contributed by atoms with Crippen LogP contribution in [0.15, 0.2) is 24.3 Å². The van der Waals surface area contributed by atoms with Gasteiger partial charge in [0.1, 0.15) is 0 Å². The van der Waals surface area contributed by atoms with Crippen molar-refractivity contribution in [1.29, 1.82) is 0 Å². The molecule has 6 nitrogen and oxygen atoms in total. The number of hydrogen-bond donors (Lipinski definition) is 3. The molecule has 1 aromatic carbocycles. The molecule has 0 aromatic heterocycles. The van der Waals surface area contributed by atoms with Gasteiger partial charge < -0.3 is 15.7 Å². The van der Waals surface area contributed by atoms with E-state index in [2.05, 4.69) is 10.6 Å². The van der Waals surface area contributed by atoms with Crippen molar-refractivity contribution in [3.8, 4) is 0 Å². The van der Waals surface area contributed by atoms with Crippen molar-refractivity contribution in [3.63, 3.8) is 0 Å². The van der Waals surface area contributed by atoms with E-state index in [0.717, 1.165) is 12.0 Å². The van der Waals surface area contributed by atoms with Gasteiger partial charge in [-0.2, -0.15) is 0 Å². The van der Waals surface area contributed by atoms with Crippen molar-refractivity contribution in [2.45, 2.75) is 52.5 Å². The summed E-state index contributed by atoms with van der Waals surface area (Å²) in [6, 6.07) is 7.29. The van der Waals surface area contributed by atoms with E-state index < -0.39 is 11.4 Å². The Morgan fingerprint density at radius 3 is 2.48 bits per heavy atom. The largest absolute Gasteiger partial charge is 0.481 e. The number of rotatable bonds is 8. The molecule has 0 atom stereocenters. The maximum absolute atomic E-state index is 12.1. The molecule has 25 heavy (non-hydrogen) atoms. The topological polar surface area (TPSA) is 95.5 Å². The van der Waals surface area contributed by atoms with E-state index in [9.17, 15) is 19.5 Å². The Labute approximate surface area is 148 Å². The molecule has 0 unspecified atom stereocenters. The van der Waals surface area contributed by atoms with Gasteiger partial charge in [0, 0.05) is 25.1 Å². The smallest absolute Gasteiger partial charge is 0.310 e. The molecule has 0 radical (unpaired) electrons. The van der Waals surface area contributed by atoms with Crippen LogP contribution < -0.4 is 10.6 Å². The second-order valence-corrected chi connectivity index (χ2v) is 7.24. The van der Waals surface area contributed by atoms with Crippen LogP contribution in [-0.2, 0) is 20.9 Å². The molecule has 1 aromatic rings. The van der Waals surface area contributed by atoms with Gasteiger partial charge in [0.05, 0.1) is 5.41 Å². The molecule has 6 heteroatoms. The molecule has 3 N–H and O–H groups in total. The maximum Gasteiger partial charge on any atom is 0.310 e. The summed E-state index contributed by atoms with van der Waals surface area (Å²) in [6.07, 6.45) is 2.46. The first kappa shape index (κ1) is 19.0. The van der Waals surface area contributed by atoms with E-state index in [-0.39, 0.29) is 24.2 Å². The van der Waals surface area contributed by atoms with Crippen LogP contribution in [0.4, 0.5) is 5.69 Å². The van der Waals surface area contributed by atoms with Crippen molar-refractivity contribution in [2.24, 2.45) is 11.3 Å². The zero-order chi connectivity index (χ0) is 18.4. The van der Waals surface area contributed by atoms with Crippen LogP contribution in [0.1, 0.15) is 51.5 Å². The first-order valence-corrected chi connectivity index (χ1v) is 8.70. The summed E-state index contributed by atoms with van der Waals surface area (Å²) in [4.78, 5) is 35.2. The van der Waals surface area contributed by atoms with Crippen LogP contribution in [0.3, 0.4) is 0 Å². The summed E-state index contributed by atoms with van der Waals surface area (Å²) in [5.41, 5.74) is 0.670. The predicted octanol–water partition coefficient (Wildman–Crippen LogP) is 2.93. The molecular weight excluding hydrogens is 320 g/mol. The molecular formula is C19H26N2O4. The lowest BCUT2D eigenvalue weighted by Crippen LogP contribution is -2.42. The molecule has 2 amide bonds. The molecule has 1 fully saturated rings. The van der Waals surface area contributed by atoms with E-state index in [1.165, 1.54) is 0 Å². The first-order chi connectivity index (χ1) is 11.8. The molecule has 1 saturated carbocycles. The van der Waals surface area contributed by atoms with Crippen LogP contribution in [-0.4, -0.2) is 22.9 Å². The molecule has 1 aliphatic carbocycles. The summed E-state index contributed by atoms with van der Waals surface area (Å²) in [5, 5.41) is 14.9. The highest BCUT2D eigenvalue weighted by atomic mass is 16.4. The number of benzene rings is 1. The number of carbonyl (C=O) groups is 3. The average molecular weight is 346 g/mol. The van der Waals surface area contributed by atoms with Crippen molar-refractivity contribution in [2.75, 3.05) is 5.32 Å². The Kier molecular flexibility index (Phi) is 6.17. The summed E-state index contributed by atoms with van der Waals surface area (Å²) in [5.74, 6) is -0.889. The Hall–Kier alpha value is -2.37. The highest BCUT2D eigenvalue weighted by Crippen LogP contribution is 2.44. The van der Waals surface area contributed by atoms with Gasteiger partial charge in [0.25, 0.3) is 0 Å². The molecule has 0 bridgehead atoms. The van der Waals surface area contributed by atoms with E-state index in [4.69, 9.17) is 0 Å². The molecule has 0 aliphatic heterocycles. The first-order valence-electron chi connectivity index (χ1n) is 8.70. The van der Waals surface area contributed by atoms with Crippen molar-refractivity contribution in [1.82, 2.24) is 5.32 Å². The molecule has 0 heterocycles. The fourth-order valence-corrected chi connectivity index (χ4v) is 2.98. The third-order valence-electron chi connectivity index (χ3n) is 4.56. The lowest BCUT2D eigenvalue weighted by Gasteiger charge is -2.36. The van der Waals surface area contributed by atoms with Crippen LogP contribution in [0.5, 0.6) is 0 Å². The molecule has 0 saturated heterocycles. The number of carbonyl (C=O) groups excluding carboxylic acids is 2. The Morgan fingerprint density at radius 2 is 1.92 bits per heavy atom. The minimum atomic E-state index is -0.885. The van der Waals surface area contributed by atoms with Crippen LogP contribution in [0, 0.1) is 11.3 Å². The summed E-state index contributed by atoms with van der Waals surface area (Å²) in [6.45, 7) is 4.28. The number of carboxylic acids is 1. The number of amides is 2. The minimum absolute atomic E-state index is 0.0210. The maximum atomic E-state index is 12.1. The fraction of sp³-hybridized carbons (Fsp3) is 0.526. The van der Waals surface area contributed by atoms with Gasteiger partial charge in [-0.25, -0.2) is 0 Å². The van der Waals surface area contributed by atoms with Gasteiger partial charge >= 0.3 is 5.97 Å². The zero-order valence-corrected chi connectivity index (χ0v) is 14.8. The third kappa shape index (κ3) is 5.31. The van der Waals surface area contributed by atoms with Gasteiger partial charge in [0.2, 0.25) is 11.8 Å².